The number of amides is 4. The number of nitrogens with zero attached hydrogens (tertiary/aromatic N) is 2. The molecule has 10 heteroatoms. The van der Waals surface area contributed by atoms with Crippen molar-refractivity contribution < 1.29 is 33.6 Å². The predicted octanol–water partition coefficient (Wildman–Crippen LogP) is 1.38. The van der Waals surface area contributed by atoms with Crippen LogP contribution in [0.3, 0.4) is 0 Å². The van der Waals surface area contributed by atoms with E-state index in [9.17, 15) is 28.8 Å². The Morgan fingerprint density at radius 2 is 1.77 bits per heavy atom. The summed E-state index contributed by atoms with van der Waals surface area (Å²) in [6, 6.07) is 0. The molecule has 1 aliphatic carbocycles. The third kappa shape index (κ3) is 5.47. The van der Waals surface area contributed by atoms with Crippen molar-refractivity contribution in [2.45, 2.75) is 69.5 Å². The number of hydrogen-bond donors (Lipinski definition) is 0. The van der Waals surface area contributed by atoms with Crippen LogP contribution in [-0.4, -0.2) is 63.4 Å². The van der Waals surface area contributed by atoms with Crippen molar-refractivity contribution in [1.82, 2.24) is 9.96 Å². The van der Waals surface area contributed by atoms with Crippen molar-refractivity contribution in [3.8, 4) is 0 Å². The monoisotopic (exact) mass is 438 g/mol. The first kappa shape index (κ1) is 22.5. The lowest BCUT2D eigenvalue weighted by molar-refractivity contribution is -0.198. The molecule has 3 fully saturated rings. The molecule has 3 rings (SSSR count). The zero-order valence-electron chi connectivity index (χ0n) is 16.8. The highest BCUT2D eigenvalue weighted by atomic mass is 32.2. The number of thioether (sulfide) groups is 1. The Labute approximate surface area is 178 Å². The van der Waals surface area contributed by atoms with E-state index in [0.29, 0.717) is 30.2 Å². The fourth-order valence-corrected chi connectivity index (χ4v) is 5.09. The van der Waals surface area contributed by atoms with Gasteiger partial charge in [0.05, 0.1) is 11.7 Å². The number of carbonyl (C=O) groups excluding carboxylic acids is 6. The molecule has 0 aromatic heterocycles. The van der Waals surface area contributed by atoms with Crippen LogP contribution >= 0.6 is 11.8 Å². The van der Waals surface area contributed by atoms with Gasteiger partial charge in [-0.15, -0.1) is 16.8 Å². The van der Waals surface area contributed by atoms with Crippen molar-refractivity contribution in [2.24, 2.45) is 5.41 Å². The van der Waals surface area contributed by atoms with Gasteiger partial charge >= 0.3 is 5.97 Å². The summed E-state index contributed by atoms with van der Waals surface area (Å²) in [5.74, 6) is -1.46. The first-order valence-electron chi connectivity index (χ1n) is 10.3. The lowest BCUT2D eigenvalue weighted by Crippen LogP contribution is -2.33. The van der Waals surface area contributed by atoms with Crippen LogP contribution in [0, 0.1) is 5.41 Å². The van der Waals surface area contributed by atoms with E-state index in [1.54, 1.807) is 0 Å². The number of imide groups is 2. The molecular formula is C20H26N2O7S. The molecule has 0 spiro atoms. The van der Waals surface area contributed by atoms with E-state index in [0.717, 1.165) is 32.0 Å². The van der Waals surface area contributed by atoms with Gasteiger partial charge in [0, 0.05) is 38.0 Å². The maximum atomic E-state index is 12.6. The molecule has 0 aromatic rings. The van der Waals surface area contributed by atoms with Crippen LogP contribution in [-0.2, 0) is 33.6 Å². The maximum absolute atomic E-state index is 12.6. The number of hydroxylamine groups is 2. The fraction of sp³-hybridized carbons (Fsp3) is 0.700. The van der Waals surface area contributed by atoms with Crippen molar-refractivity contribution in [1.29, 1.82) is 0 Å². The van der Waals surface area contributed by atoms with Crippen LogP contribution in [0.2, 0.25) is 0 Å². The van der Waals surface area contributed by atoms with Crippen LogP contribution in [0.15, 0.2) is 0 Å². The summed E-state index contributed by atoms with van der Waals surface area (Å²) >= 11 is 1.39. The van der Waals surface area contributed by atoms with E-state index >= 15 is 0 Å². The van der Waals surface area contributed by atoms with E-state index in [2.05, 4.69) is 0 Å². The molecule has 0 bridgehead atoms. The average molecular weight is 439 g/mol. The highest BCUT2D eigenvalue weighted by molar-refractivity contribution is 8.00. The van der Waals surface area contributed by atoms with Crippen LogP contribution < -0.4 is 0 Å². The number of aldehydes is 1. The molecule has 1 saturated carbocycles. The number of rotatable bonds is 12. The minimum Gasteiger partial charge on any atom is -0.330 e. The van der Waals surface area contributed by atoms with Gasteiger partial charge in [0.2, 0.25) is 11.8 Å². The summed E-state index contributed by atoms with van der Waals surface area (Å²) in [6.07, 6.45) is 5.53. The zero-order valence-corrected chi connectivity index (χ0v) is 17.6. The van der Waals surface area contributed by atoms with Gasteiger partial charge in [-0.3, -0.25) is 24.1 Å². The molecule has 9 nitrogen and oxygen atoms in total. The summed E-state index contributed by atoms with van der Waals surface area (Å²) < 4.78 is 0. The third-order valence-corrected chi connectivity index (χ3v) is 7.22. The molecule has 1 atom stereocenters. The Hall–Kier alpha value is -2.23. The van der Waals surface area contributed by atoms with E-state index in [4.69, 9.17) is 4.84 Å². The first-order chi connectivity index (χ1) is 14.3. The van der Waals surface area contributed by atoms with Gasteiger partial charge in [-0.1, -0.05) is 6.42 Å². The predicted molar refractivity (Wildman–Crippen MR) is 106 cm³/mol. The average Bonchev–Trinajstić information content (AvgIpc) is 3.33. The van der Waals surface area contributed by atoms with Gasteiger partial charge in [-0.2, -0.15) is 0 Å². The molecule has 164 valence electrons. The standard InChI is InChI=1S/C20H26N2O7S/c23-10-4-2-1-3-9-21-17(26)11-14(19(21)28)30-13-20(7-8-20)12-18(27)29-22-15(24)5-6-16(22)25/h10,14H,1-9,11-13H2. The molecule has 2 saturated heterocycles. The molecular weight excluding hydrogens is 412 g/mol. The number of hydrogen-bond acceptors (Lipinski definition) is 8. The summed E-state index contributed by atoms with van der Waals surface area (Å²) in [5.41, 5.74) is -0.306. The molecule has 2 aliphatic heterocycles. The summed E-state index contributed by atoms with van der Waals surface area (Å²) in [6.45, 7) is 0.378. The van der Waals surface area contributed by atoms with Gasteiger partial charge in [-0.25, -0.2) is 4.79 Å². The Kier molecular flexibility index (Phi) is 7.27. The second-order valence-electron chi connectivity index (χ2n) is 8.13. The zero-order chi connectivity index (χ0) is 21.7. The first-order valence-corrected chi connectivity index (χ1v) is 11.4. The lowest BCUT2D eigenvalue weighted by atomic mass is 10.1. The minimum atomic E-state index is -0.623. The third-order valence-electron chi connectivity index (χ3n) is 5.67. The molecule has 1 unspecified atom stereocenters. The second kappa shape index (κ2) is 9.72. The number of likely N-dealkylation sites (tertiary alicyclic amines) is 1. The van der Waals surface area contributed by atoms with Crippen LogP contribution in [0.1, 0.15) is 64.2 Å². The summed E-state index contributed by atoms with van der Waals surface area (Å²) in [5, 5.41) is 0.111. The van der Waals surface area contributed by atoms with Crippen LogP contribution in [0.5, 0.6) is 0 Å². The SMILES string of the molecule is O=CCCCCCN1C(=O)CC(SCC2(CC(=O)ON3C(=O)CCC3=O)CC2)C1=O. The van der Waals surface area contributed by atoms with Crippen molar-refractivity contribution in [3.05, 3.63) is 0 Å². The summed E-state index contributed by atoms with van der Waals surface area (Å²) in [4.78, 5) is 76.6. The second-order valence-corrected chi connectivity index (χ2v) is 9.32. The van der Waals surface area contributed by atoms with Gasteiger partial charge in [-0.05, 0) is 31.1 Å². The highest BCUT2D eigenvalue weighted by Gasteiger charge is 2.48. The normalized spacial score (nSPS) is 22.7. The van der Waals surface area contributed by atoms with Crippen LogP contribution in [0.25, 0.3) is 0 Å². The molecule has 0 N–H and O–H groups in total. The molecule has 0 aromatic carbocycles. The molecule has 3 aliphatic rings. The van der Waals surface area contributed by atoms with Gasteiger partial charge < -0.3 is 9.63 Å². The smallest absolute Gasteiger partial charge is 0.330 e. The topological polar surface area (TPSA) is 118 Å². The lowest BCUT2D eigenvalue weighted by Gasteiger charge is -2.18. The van der Waals surface area contributed by atoms with Gasteiger partial charge in [0.1, 0.15) is 6.29 Å². The van der Waals surface area contributed by atoms with E-state index < -0.39 is 23.0 Å². The minimum absolute atomic E-state index is 0.0541. The number of unbranched alkanes of at least 4 members (excludes halogenated alkanes) is 3. The quantitative estimate of drug-likeness (QED) is 0.255. The van der Waals surface area contributed by atoms with Crippen molar-refractivity contribution >= 4 is 47.6 Å². The molecule has 4 amide bonds. The maximum Gasteiger partial charge on any atom is 0.333 e. The largest absolute Gasteiger partial charge is 0.333 e. The molecule has 2 heterocycles. The molecule has 30 heavy (non-hydrogen) atoms. The van der Waals surface area contributed by atoms with E-state index in [1.807, 2.05) is 0 Å². The Morgan fingerprint density at radius 1 is 1.07 bits per heavy atom. The Balaban J connectivity index is 1.42. The van der Waals surface area contributed by atoms with Crippen LogP contribution in [0.4, 0.5) is 0 Å². The molecule has 0 radical (unpaired) electrons. The Bertz CT molecular complexity index is 733. The fourth-order valence-electron chi connectivity index (χ4n) is 3.62. The van der Waals surface area contributed by atoms with E-state index in [-0.39, 0.29) is 42.9 Å². The van der Waals surface area contributed by atoms with Gasteiger partial charge in [0.15, 0.2) is 0 Å². The number of carbonyl (C=O) groups is 6. The van der Waals surface area contributed by atoms with Crippen molar-refractivity contribution in [3.63, 3.8) is 0 Å². The van der Waals surface area contributed by atoms with Gasteiger partial charge in [0.25, 0.3) is 11.8 Å². The highest BCUT2D eigenvalue weighted by Crippen LogP contribution is 2.52. The summed E-state index contributed by atoms with van der Waals surface area (Å²) in [7, 11) is 0. The van der Waals surface area contributed by atoms with Crippen molar-refractivity contribution in [2.75, 3.05) is 12.3 Å². The Morgan fingerprint density at radius 3 is 2.40 bits per heavy atom. The van der Waals surface area contributed by atoms with E-state index in [1.165, 1.54) is 16.7 Å².